The average Bonchev–Trinajstić information content (AvgIpc) is 2.58. The standard InChI is InChI=1S/C13H19NO2/c1-13(2)4-3-9(6-13)12(16)10-5-11(15)8-14-7-10/h5,7-9,12,15-16H,3-4,6H2,1-2H3/t9-,12-/m0/s1. The van der Waals surface area contributed by atoms with Crippen LogP contribution in [0.4, 0.5) is 0 Å². The van der Waals surface area contributed by atoms with Crippen LogP contribution in [0.1, 0.15) is 44.8 Å². The maximum Gasteiger partial charge on any atom is 0.134 e. The highest BCUT2D eigenvalue weighted by molar-refractivity contribution is 5.24. The number of nitrogens with zero attached hydrogens (tertiary/aromatic N) is 1. The minimum absolute atomic E-state index is 0.119. The van der Waals surface area contributed by atoms with E-state index >= 15 is 0 Å². The van der Waals surface area contributed by atoms with Gasteiger partial charge in [0.25, 0.3) is 0 Å². The van der Waals surface area contributed by atoms with Gasteiger partial charge < -0.3 is 10.2 Å². The molecule has 0 amide bonds. The molecule has 16 heavy (non-hydrogen) atoms. The molecule has 0 aromatic carbocycles. The molecule has 1 aromatic rings. The molecule has 0 radical (unpaired) electrons. The number of hydrogen-bond acceptors (Lipinski definition) is 3. The van der Waals surface area contributed by atoms with E-state index in [1.54, 1.807) is 12.3 Å². The molecular weight excluding hydrogens is 202 g/mol. The molecule has 1 aliphatic carbocycles. The molecule has 0 unspecified atom stereocenters. The summed E-state index contributed by atoms with van der Waals surface area (Å²) in [4.78, 5) is 3.90. The first-order chi connectivity index (χ1) is 7.48. The Bertz CT molecular complexity index is 376. The molecule has 1 saturated carbocycles. The highest BCUT2D eigenvalue weighted by atomic mass is 16.3. The Hall–Kier alpha value is -1.09. The number of rotatable bonds is 2. The van der Waals surface area contributed by atoms with Gasteiger partial charge in [0.2, 0.25) is 0 Å². The lowest BCUT2D eigenvalue weighted by molar-refractivity contribution is 0.104. The van der Waals surface area contributed by atoms with Crippen molar-refractivity contribution in [3.8, 4) is 5.75 Å². The van der Waals surface area contributed by atoms with E-state index in [0.29, 0.717) is 11.3 Å². The predicted molar refractivity (Wildman–Crippen MR) is 62.0 cm³/mol. The zero-order valence-electron chi connectivity index (χ0n) is 9.85. The monoisotopic (exact) mass is 221 g/mol. The Morgan fingerprint density at radius 2 is 2.19 bits per heavy atom. The highest BCUT2D eigenvalue weighted by Gasteiger charge is 2.35. The number of aliphatic hydroxyl groups is 1. The van der Waals surface area contributed by atoms with E-state index in [-0.39, 0.29) is 5.75 Å². The summed E-state index contributed by atoms with van der Waals surface area (Å²) in [5.41, 5.74) is 1.05. The van der Waals surface area contributed by atoms with E-state index in [1.807, 2.05) is 0 Å². The van der Waals surface area contributed by atoms with Crippen molar-refractivity contribution in [1.82, 2.24) is 4.98 Å². The van der Waals surface area contributed by atoms with E-state index in [4.69, 9.17) is 0 Å². The van der Waals surface area contributed by atoms with Gasteiger partial charge in [-0.05, 0) is 36.7 Å². The minimum atomic E-state index is -0.499. The van der Waals surface area contributed by atoms with Crippen LogP contribution in [0.15, 0.2) is 18.5 Å². The van der Waals surface area contributed by atoms with Crippen molar-refractivity contribution >= 4 is 0 Å². The van der Waals surface area contributed by atoms with E-state index in [0.717, 1.165) is 24.8 Å². The van der Waals surface area contributed by atoms with E-state index in [1.165, 1.54) is 6.20 Å². The fourth-order valence-electron chi connectivity index (χ4n) is 2.64. The van der Waals surface area contributed by atoms with Gasteiger partial charge >= 0.3 is 0 Å². The number of aliphatic hydroxyl groups excluding tert-OH is 1. The Kier molecular flexibility index (Phi) is 2.89. The lowest BCUT2D eigenvalue weighted by Gasteiger charge is -2.21. The van der Waals surface area contributed by atoms with Gasteiger partial charge in [-0.25, -0.2) is 0 Å². The second-order valence-corrected chi connectivity index (χ2v) is 5.59. The average molecular weight is 221 g/mol. The first-order valence-corrected chi connectivity index (χ1v) is 5.80. The lowest BCUT2D eigenvalue weighted by Crippen LogP contribution is -2.12. The molecule has 2 N–H and O–H groups in total. The van der Waals surface area contributed by atoms with Gasteiger partial charge in [0.15, 0.2) is 0 Å². The van der Waals surface area contributed by atoms with Crippen LogP contribution in [-0.2, 0) is 0 Å². The van der Waals surface area contributed by atoms with Crippen molar-refractivity contribution < 1.29 is 10.2 Å². The van der Waals surface area contributed by atoms with E-state index < -0.39 is 6.10 Å². The highest BCUT2D eigenvalue weighted by Crippen LogP contribution is 2.46. The van der Waals surface area contributed by atoms with E-state index in [2.05, 4.69) is 18.8 Å². The Labute approximate surface area is 96.2 Å². The molecule has 0 saturated heterocycles. The molecule has 88 valence electrons. The molecule has 2 rings (SSSR count). The van der Waals surface area contributed by atoms with Gasteiger partial charge in [-0.3, -0.25) is 4.98 Å². The number of pyridine rings is 1. The van der Waals surface area contributed by atoms with Crippen molar-refractivity contribution in [2.75, 3.05) is 0 Å². The van der Waals surface area contributed by atoms with Crippen LogP contribution >= 0.6 is 0 Å². The fraction of sp³-hybridized carbons (Fsp3) is 0.615. The number of hydrogen-bond donors (Lipinski definition) is 2. The quantitative estimate of drug-likeness (QED) is 0.807. The fourth-order valence-corrected chi connectivity index (χ4v) is 2.64. The third-order valence-corrected chi connectivity index (χ3v) is 3.54. The van der Waals surface area contributed by atoms with Gasteiger partial charge in [-0.2, -0.15) is 0 Å². The molecular formula is C13H19NO2. The van der Waals surface area contributed by atoms with Crippen molar-refractivity contribution in [1.29, 1.82) is 0 Å². The summed E-state index contributed by atoms with van der Waals surface area (Å²) in [6, 6.07) is 1.60. The summed E-state index contributed by atoms with van der Waals surface area (Å²) in [6.45, 7) is 4.47. The molecule has 1 aliphatic rings. The Balaban J connectivity index is 2.11. The second kappa shape index (κ2) is 4.06. The molecule has 1 heterocycles. The van der Waals surface area contributed by atoms with Gasteiger partial charge in [0, 0.05) is 11.8 Å². The summed E-state index contributed by atoms with van der Waals surface area (Å²) in [5.74, 6) is 0.410. The molecule has 2 atom stereocenters. The van der Waals surface area contributed by atoms with Crippen molar-refractivity contribution in [3.05, 3.63) is 24.0 Å². The largest absolute Gasteiger partial charge is 0.506 e. The zero-order valence-corrected chi connectivity index (χ0v) is 9.85. The molecule has 0 aliphatic heterocycles. The summed E-state index contributed by atoms with van der Waals surface area (Å²) >= 11 is 0. The molecule has 3 heteroatoms. The normalized spacial score (nSPS) is 25.6. The smallest absolute Gasteiger partial charge is 0.134 e. The van der Waals surface area contributed by atoms with Crippen LogP contribution in [0.25, 0.3) is 0 Å². The molecule has 1 aromatic heterocycles. The first-order valence-electron chi connectivity index (χ1n) is 5.80. The number of aromatic hydroxyl groups is 1. The van der Waals surface area contributed by atoms with Crippen molar-refractivity contribution in [3.63, 3.8) is 0 Å². The molecule has 1 fully saturated rings. The van der Waals surface area contributed by atoms with Gasteiger partial charge in [-0.1, -0.05) is 13.8 Å². The first kappa shape index (κ1) is 11.4. The van der Waals surface area contributed by atoms with Crippen LogP contribution < -0.4 is 0 Å². The van der Waals surface area contributed by atoms with Crippen LogP contribution in [-0.4, -0.2) is 15.2 Å². The third-order valence-electron chi connectivity index (χ3n) is 3.54. The van der Waals surface area contributed by atoms with Crippen LogP contribution in [0.2, 0.25) is 0 Å². The summed E-state index contributed by atoms with van der Waals surface area (Å²) in [7, 11) is 0. The van der Waals surface area contributed by atoms with Crippen molar-refractivity contribution in [2.24, 2.45) is 11.3 Å². The van der Waals surface area contributed by atoms with Crippen LogP contribution in [0.5, 0.6) is 5.75 Å². The lowest BCUT2D eigenvalue weighted by atomic mass is 9.88. The number of aromatic nitrogens is 1. The molecule has 0 spiro atoms. The summed E-state index contributed by atoms with van der Waals surface area (Å²) in [6.07, 6.45) is 5.75. The maximum atomic E-state index is 10.2. The minimum Gasteiger partial charge on any atom is -0.506 e. The van der Waals surface area contributed by atoms with E-state index in [9.17, 15) is 10.2 Å². The summed E-state index contributed by atoms with van der Waals surface area (Å²) < 4.78 is 0. The van der Waals surface area contributed by atoms with Crippen molar-refractivity contribution in [2.45, 2.75) is 39.2 Å². The van der Waals surface area contributed by atoms with Gasteiger partial charge in [0.05, 0.1) is 12.3 Å². The predicted octanol–water partition coefficient (Wildman–Crippen LogP) is 2.65. The Morgan fingerprint density at radius 1 is 1.44 bits per heavy atom. The van der Waals surface area contributed by atoms with Gasteiger partial charge in [-0.15, -0.1) is 0 Å². The zero-order chi connectivity index (χ0) is 11.8. The third kappa shape index (κ3) is 2.35. The summed E-state index contributed by atoms with van der Waals surface area (Å²) in [5, 5.41) is 19.6. The second-order valence-electron chi connectivity index (χ2n) is 5.59. The van der Waals surface area contributed by atoms with Crippen LogP contribution in [0.3, 0.4) is 0 Å². The van der Waals surface area contributed by atoms with Gasteiger partial charge in [0.1, 0.15) is 5.75 Å². The topological polar surface area (TPSA) is 53.4 Å². The van der Waals surface area contributed by atoms with Crippen LogP contribution in [0, 0.1) is 11.3 Å². The Morgan fingerprint density at radius 3 is 2.75 bits per heavy atom. The SMILES string of the molecule is CC1(C)CC[C@H]([C@H](O)c2cncc(O)c2)C1. The maximum absolute atomic E-state index is 10.2. The molecule has 3 nitrogen and oxygen atoms in total. The molecule has 0 bridgehead atoms.